The van der Waals surface area contributed by atoms with Gasteiger partial charge in [0.15, 0.2) is 0 Å². The first-order valence-electron chi connectivity index (χ1n) is 6.01. The number of hydrogen-bond acceptors (Lipinski definition) is 3. The van der Waals surface area contributed by atoms with Gasteiger partial charge < -0.3 is 14.8 Å². The van der Waals surface area contributed by atoms with Crippen LogP contribution in [-0.2, 0) is 6.61 Å². The molecule has 0 aliphatic heterocycles. The van der Waals surface area contributed by atoms with Gasteiger partial charge in [-0.2, -0.15) is 0 Å². The highest BCUT2D eigenvalue weighted by Crippen LogP contribution is 2.23. The van der Waals surface area contributed by atoms with Crippen LogP contribution in [0, 0.1) is 6.92 Å². The van der Waals surface area contributed by atoms with Crippen LogP contribution in [0.1, 0.15) is 11.1 Å². The first-order valence-corrected chi connectivity index (χ1v) is 6.76. The van der Waals surface area contributed by atoms with Gasteiger partial charge in [0, 0.05) is 15.6 Å². The van der Waals surface area contributed by atoms with Gasteiger partial charge in [0.05, 0.1) is 0 Å². The van der Waals surface area contributed by atoms with Gasteiger partial charge in [-0.25, -0.2) is 0 Å². The fraction of sp³-hybridized carbons (Fsp3) is 0.143. The molecule has 0 unspecified atom stereocenters. The summed E-state index contributed by atoms with van der Waals surface area (Å²) < 4.78 is 5.69. The summed E-state index contributed by atoms with van der Waals surface area (Å²) in [6.45, 7) is 2.16. The second kappa shape index (κ2) is 6.50. The molecule has 0 aromatic heterocycles. The van der Waals surface area contributed by atoms with Crippen LogP contribution in [0.2, 0.25) is 10.0 Å². The van der Waals surface area contributed by atoms with Gasteiger partial charge in [-0.3, -0.25) is 0 Å². The molecule has 3 nitrogen and oxygen atoms in total. The SMILES string of the molecule is Cc1cc(B(O)O)ccc1OCc1ccc(Cl)cc1Cl. The van der Waals surface area contributed by atoms with Crippen molar-refractivity contribution in [2.75, 3.05) is 0 Å². The van der Waals surface area contributed by atoms with E-state index in [9.17, 15) is 0 Å². The third-order valence-electron chi connectivity index (χ3n) is 2.90. The first kappa shape index (κ1) is 15.2. The van der Waals surface area contributed by atoms with E-state index in [4.69, 9.17) is 38.0 Å². The van der Waals surface area contributed by atoms with Crippen molar-refractivity contribution in [3.05, 3.63) is 57.6 Å². The summed E-state index contributed by atoms with van der Waals surface area (Å²) in [7, 11) is -1.48. The zero-order chi connectivity index (χ0) is 14.7. The van der Waals surface area contributed by atoms with Crippen LogP contribution >= 0.6 is 23.2 Å². The van der Waals surface area contributed by atoms with Gasteiger partial charge in [-0.15, -0.1) is 0 Å². The van der Waals surface area contributed by atoms with Crippen LogP contribution in [0.15, 0.2) is 36.4 Å². The van der Waals surface area contributed by atoms with Crippen LogP contribution < -0.4 is 10.2 Å². The number of ether oxygens (including phenoxy) is 1. The van der Waals surface area contributed by atoms with Gasteiger partial charge in [0.2, 0.25) is 0 Å². The molecular formula is C14H13BCl2O3. The van der Waals surface area contributed by atoms with Crippen LogP contribution in [0.5, 0.6) is 5.75 Å². The Kier molecular flexibility index (Phi) is 4.94. The van der Waals surface area contributed by atoms with E-state index in [-0.39, 0.29) is 0 Å². The molecule has 0 bridgehead atoms. The molecule has 0 amide bonds. The number of benzene rings is 2. The quantitative estimate of drug-likeness (QED) is 0.853. The summed E-state index contributed by atoms with van der Waals surface area (Å²) >= 11 is 11.9. The van der Waals surface area contributed by atoms with Gasteiger partial charge in [0.25, 0.3) is 0 Å². The lowest BCUT2D eigenvalue weighted by Crippen LogP contribution is -2.29. The van der Waals surface area contributed by atoms with Crippen LogP contribution in [0.4, 0.5) is 0 Å². The van der Waals surface area contributed by atoms with Crippen molar-refractivity contribution in [3.8, 4) is 5.75 Å². The Hall–Kier alpha value is -1.20. The zero-order valence-corrected chi connectivity index (χ0v) is 12.3. The third-order valence-corrected chi connectivity index (χ3v) is 3.48. The largest absolute Gasteiger partial charge is 0.489 e. The molecule has 2 aromatic carbocycles. The molecule has 0 spiro atoms. The Balaban J connectivity index is 2.11. The second-order valence-corrected chi connectivity index (χ2v) is 5.27. The number of aryl methyl sites for hydroxylation is 1. The van der Waals surface area contributed by atoms with Gasteiger partial charge in [-0.1, -0.05) is 41.4 Å². The van der Waals surface area contributed by atoms with Crippen LogP contribution in [0.25, 0.3) is 0 Å². The lowest BCUT2D eigenvalue weighted by atomic mass is 9.79. The molecule has 0 aliphatic carbocycles. The van der Waals surface area contributed by atoms with Crippen molar-refractivity contribution in [2.24, 2.45) is 0 Å². The van der Waals surface area contributed by atoms with Crippen molar-refractivity contribution in [1.82, 2.24) is 0 Å². The molecule has 6 heteroatoms. The highest BCUT2D eigenvalue weighted by molar-refractivity contribution is 6.58. The average molecular weight is 311 g/mol. The molecule has 0 aliphatic rings. The van der Waals surface area contributed by atoms with E-state index in [0.29, 0.717) is 27.9 Å². The van der Waals surface area contributed by atoms with Crippen molar-refractivity contribution in [3.63, 3.8) is 0 Å². The Bertz CT molecular complexity index is 617. The predicted octanol–water partition coefficient (Wildman–Crippen LogP) is 2.56. The predicted molar refractivity (Wildman–Crippen MR) is 81.8 cm³/mol. The fourth-order valence-corrected chi connectivity index (χ4v) is 2.25. The van der Waals surface area contributed by atoms with Gasteiger partial charge in [-0.05, 0) is 36.1 Å². The van der Waals surface area contributed by atoms with Crippen molar-refractivity contribution < 1.29 is 14.8 Å². The van der Waals surface area contributed by atoms with Crippen molar-refractivity contribution in [2.45, 2.75) is 13.5 Å². The molecule has 20 heavy (non-hydrogen) atoms. The molecule has 0 saturated heterocycles. The lowest BCUT2D eigenvalue weighted by Gasteiger charge is -2.11. The maximum absolute atomic E-state index is 9.09. The fourth-order valence-electron chi connectivity index (χ4n) is 1.79. The lowest BCUT2D eigenvalue weighted by molar-refractivity contribution is 0.304. The molecule has 0 heterocycles. The number of halogens is 2. The van der Waals surface area contributed by atoms with E-state index in [1.165, 1.54) is 0 Å². The van der Waals surface area contributed by atoms with E-state index >= 15 is 0 Å². The topological polar surface area (TPSA) is 49.7 Å². The Morgan fingerprint density at radius 2 is 1.85 bits per heavy atom. The minimum atomic E-state index is -1.48. The highest BCUT2D eigenvalue weighted by atomic mass is 35.5. The summed E-state index contributed by atoms with van der Waals surface area (Å²) in [5.41, 5.74) is 2.08. The van der Waals surface area contributed by atoms with Crippen molar-refractivity contribution in [1.29, 1.82) is 0 Å². The zero-order valence-electron chi connectivity index (χ0n) is 10.8. The molecule has 2 aromatic rings. The minimum Gasteiger partial charge on any atom is -0.489 e. The molecule has 0 radical (unpaired) electrons. The summed E-state index contributed by atoms with van der Waals surface area (Å²) in [5.74, 6) is 0.667. The average Bonchev–Trinajstić information content (AvgIpc) is 2.38. The Labute approximate surface area is 127 Å². The third kappa shape index (κ3) is 3.67. The van der Waals surface area contributed by atoms with Crippen molar-refractivity contribution >= 4 is 35.8 Å². The highest BCUT2D eigenvalue weighted by Gasteiger charge is 2.12. The second-order valence-electron chi connectivity index (χ2n) is 4.42. The number of rotatable bonds is 4. The first-order chi connectivity index (χ1) is 9.47. The summed E-state index contributed by atoms with van der Waals surface area (Å²) in [4.78, 5) is 0. The van der Waals surface area contributed by atoms with E-state index in [1.807, 2.05) is 13.0 Å². The van der Waals surface area contributed by atoms with Gasteiger partial charge >= 0.3 is 7.12 Å². The smallest absolute Gasteiger partial charge is 0.488 e. The standard InChI is InChI=1S/C14H13BCl2O3/c1-9-6-11(15(18)19)3-5-14(9)20-8-10-2-4-12(16)7-13(10)17/h2-7,18-19H,8H2,1H3. The summed E-state index contributed by atoms with van der Waals surface area (Å²) in [6, 6.07) is 10.2. The molecule has 0 atom stereocenters. The maximum Gasteiger partial charge on any atom is 0.488 e. The number of hydrogen-bond donors (Lipinski definition) is 2. The molecule has 104 valence electrons. The van der Waals surface area contributed by atoms with E-state index in [0.717, 1.165) is 11.1 Å². The summed E-state index contributed by atoms with van der Waals surface area (Å²) in [5, 5.41) is 19.3. The maximum atomic E-state index is 9.09. The molecule has 0 saturated carbocycles. The van der Waals surface area contributed by atoms with Gasteiger partial charge in [0.1, 0.15) is 12.4 Å². The van der Waals surface area contributed by atoms with E-state index < -0.39 is 7.12 Å². The minimum absolute atomic E-state index is 0.317. The van der Waals surface area contributed by atoms with E-state index in [1.54, 1.807) is 30.3 Å². The van der Waals surface area contributed by atoms with Crippen LogP contribution in [-0.4, -0.2) is 17.2 Å². The normalized spacial score (nSPS) is 10.4. The Morgan fingerprint density at radius 1 is 1.10 bits per heavy atom. The van der Waals surface area contributed by atoms with Crippen LogP contribution in [0.3, 0.4) is 0 Å². The summed E-state index contributed by atoms with van der Waals surface area (Å²) in [6.07, 6.45) is 0. The monoisotopic (exact) mass is 310 g/mol. The molecule has 2 rings (SSSR count). The molecule has 0 fully saturated rings. The Morgan fingerprint density at radius 3 is 2.45 bits per heavy atom. The van der Waals surface area contributed by atoms with E-state index in [2.05, 4.69) is 0 Å². The molecular weight excluding hydrogens is 298 g/mol. The molecule has 2 N–H and O–H groups in total.